The first-order valence-electron chi connectivity index (χ1n) is 11.0. The Hall–Kier alpha value is -3.61. The summed E-state index contributed by atoms with van der Waals surface area (Å²) < 4.78 is 28.6. The SMILES string of the molecule is Cc1c(CNC(=O)c2ccc(F)cc2)c(C)[n+]2c(c1CNC(=O)c1ccc(F)cc1)CCC2. The van der Waals surface area contributed by atoms with Crippen molar-refractivity contribution in [2.75, 3.05) is 0 Å². The van der Waals surface area contributed by atoms with Gasteiger partial charge in [-0.05, 0) is 61.0 Å². The monoisotopic (exact) mass is 450 g/mol. The lowest BCUT2D eigenvalue weighted by Gasteiger charge is -2.16. The van der Waals surface area contributed by atoms with E-state index in [2.05, 4.69) is 15.2 Å². The number of hydrogen-bond donors (Lipinski definition) is 2. The Labute approximate surface area is 191 Å². The summed E-state index contributed by atoms with van der Waals surface area (Å²) in [4.78, 5) is 25.1. The number of rotatable bonds is 6. The minimum atomic E-state index is -0.388. The molecular weight excluding hydrogens is 424 g/mol. The molecule has 3 aromatic rings. The molecule has 0 bridgehead atoms. The molecule has 0 saturated carbocycles. The summed E-state index contributed by atoms with van der Waals surface area (Å²) in [6.07, 6.45) is 1.94. The van der Waals surface area contributed by atoms with Crippen LogP contribution in [0.4, 0.5) is 8.78 Å². The van der Waals surface area contributed by atoms with Crippen molar-refractivity contribution in [2.45, 2.75) is 46.3 Å². The Balaban J connectivity index is 1.55. The van der Waals surface area contributed by atoms with Crippen molar-refractivity contribution in [1.82, 2.24) is 10.6 Å². The van der Waals surface area contributed by atoms with Crippen LogP contribution in [0.2, 0.25) is 0 Å². The van der Waals surface area contributed by atoms with E-state index in [1.807, 2.05) is 13.8 Å². The third kappa shape index (κ3) is 4.77. The van der Waals surface area contributed by atoms with Gasteiger partial charge in [0.2, 0.25) is 0 Å². The van der Waals surface area contributed by atoms with Gasteiger partial charge in [-0.15, -0.1) is 0 Å². The number of nitrogens with one attached hydrogen (secondary N) is 2. The second-order valence-electron chi connectivity index (χ2n) is 8.25. The van der Waals surface area contributed by atoms with E-state index in [1.54, 1.807) is 0 Å². The minimum absolute atomic E-state index is 0.266. The van der Waals surface area contributed by atoms with E-state index in [0.717, 1.165) is 41.8 Å². The standard InChI is InChI=1S/C26H25F2N3O2/c1-16-22(14-29-25(32)18-5-9-20(27)10-6-18)17(2)31-13-3-4-24(31)23(16)15-30-26(33)19-7-11-21(28)12-8-19/h5-12H,3-4,13-15H2,1-2H3,(H-,29,30,32,33)/p+1. The van der Waals surface area contributed by atoms with E-state index in [0.29, 0.717) is 24.2 Å². The highest BCUT2D eigenvalue weighted by Crippen LogP contribution is 2.23. The van der Waals surface area contributed by atoms with Crippen molar-refractivity contribution in [3.05, 3.63) is 99.4 Å². The summed E-state index contributed by atoms with van der Waals surface area (Å²) in [6.45, 7) is 5.61. The van der Waals surface area contributed by atoms with Gasteiger partial charge < -0.3 is 10.6 Å². The zero-order valence-corrected chi connectivity index (χ0v) is 18.7. The summed E-state index contributed by atoms with van der Waals surface area (Å²) in [7, 11) is 0. The van der Waals surface area contributed by atoms with E-state index in [1.165, 1.54) is 54.2 Å². The molecule has 0 fully saturated rings. The molecule has 2 aromatic carbocycles. The third-order valence-corrected chi connectivity index (χ3v) is 6.28. The lowest BCUT2D eigenvalue weighted by Crippen LogP contribution is -2.41. The van der Waals surface area contributed by atoms with Crippen molar-refractivity contribution < 1.29 is 22.9 Å². The van der Waals surface area contributed by atoms with Gasteiger partial charge in [0.05, 0.1) is 0 Å². The van der Waals surface area contributed by atoms with Gasteiger partial charge in [0.15, 0.2) is 11.4 Å². The smallest absolute Gasteiger partial charge is 0.251 e. The Morgan fingerprint density at radius 2 is 1.30 bits per heavy atom. The van der Waals surface area contributed by atoms with Crippen LogP contribution in [0.25, 0.3) is 0 Å². The molecule has 33 heavy (non-hydrogen) atoms. The van der Waals surface area contributed by atoms with E-state index in [4.69, 9.17) is 0 Å². The van der Waals surface area contributed by atoms with Gasteiger partial charge >= 0.3 is 0 Å². The van der Waals surface area contributed by atoms with Crippen LogP contribution in [0.1, 0.15) is 55.2 Å². The van der Waals surface area contributed by atoms with Crippen molar-refractivity contribution in [3.63, 3.8) is 0 Å². The van der Waals surface area contributed by atoms with Crippen LogP contribution in [0.5, 0.6) is 0 Å². The topological polar surface area (TPSA) is 62.1 Å². The predicted octanol–water partition coefficient (Wildman–Crippen LogP) is 3.68. The third-order valence-electron chi connectivity index (χ3n) is 6.28. The number of fused-ring (bicyclic) bond motifs is 1. The average Bonchev–Trinajstić information content (AvgIpc) is 3.29. The number of pyridine rings is 1. The van der Waals surface area contributed by atoms with Gasteiger partial charge in [-0.3, -0.25) is 9.59 Å². The highest BCUT2D eigenvalue weighted by Gasteiger charge is 2.30. The second kappa shape index (κ2) is 9.48. The number of carbonyl (C=O) groups excluding carboxylic acids is 2. The lowest BCUT2D eigenvalue weighted by atomic mass is 9.98. The summed E-state index contributed by atoms with van der Waals surface area (Å²) in [6, 6.07) is 10.9. The van der Waals surface area contributed by atoms with Crippen LogP contribution in [0.15, 0.2) is 48.5 Å². The Morgan fingerprint density at radius 1 is 0.818 bits per heavy atom. The molecular formula is C26H26F2N3O2+. The molecule has 1 aliphatic heterocycles. The lowest BCUT2D eigenvalue weighted by molar-refractivity contribution is -0.697. The van der Waals surface area contributed by atoms with Crippen molar-refractivity contribution >= 4 is 11.8 Å². The summed E-state index contributed by atoms with van der Waals surface area (Å²) in [5, 5.41) is 5.88. The Kier molecular flexibility index (Phi) is 6.49. The average molecular weight is 451 g/mol. The number of aromatic nitrogens is 1. The molecule has 7 heteroatoms. The van der Waals surface area contributed by atoms with Gasteiger partial charge in [0, 0.05) is 55.1 Å². The fourth-order valence-corrected chi connectivity index (χ4v) is 4.43. The molecule has 2 heterocycles. The van der Waals surface area contributed by atoms with E-state index >= 15 is 0 Å². The van der Waals surface area contributed by atoms with Crippen LogP contribution in [-0.4, -0.2) is 11.8 Å². The van der Waals surface area contributed by atoms with Crippen LogP contribution < -0.4 is 15.2 Å². The molecule has 5 nitrogen and oxygen atoms in total. The molecule has 4 rings (SSSR count). The van der Waals surface area contributed by atoms with Crippen LogP contribution in [0, 0.1) is 25.5 Å². The zero-order valence-electron chi connectivity index (χ0n) is 18.7. The normalized spacial score (nSPS) is 12.4. The first-order chi connectivity index (χ1) is 15.8. The van der Waals surface area contributed by atoms with Crippen molar-refractivity contribution in [1.29, 1.82) is 0 Å². The molecule has 1 aromatic heterocycles. The first-order valence-corrected chi connectivity index (χ1v) is 11.0. The molecule has 0 unspecified atom stereocenters. The molecule has 2 amide bonds. The Morgan fingerprint density at radius 3 is 1.82 bits per heavy atom. The zero-order chi connectivity index (χ0) is 23.5. The maximum Gasteiger partial charge on any atom is 0.251 e. The number of hydrogen-bond acceptors (Lipinski definition) is 2. The number of amides is 2. The number of halogens is 2. The molecule has 170 valence electrons. The predicted molar refractivity (Wildman–Crippen MR) is 120 cm³/mol. The van der Waals surface area contributed by atoms with Crippen molar-refractivity contribution in [2.24, 2.45) is 0 Å². The van der Waals surface area contributed by atoms with Gasteiger partial charge in [0.25, 0.3) is 11.8 Å². The number of benzene rings is 2. The molecule has 2 N–H and O–H groups in total. The van der Waals surface area contributed by atoms with Gasteiger partial charge in [-0.1, -0.05) is 0 Å². The highest BCUT2D eigenvalue weighted by molar-refractivity contribution is 5.94. The minimum Gasteiger partial charge on any atom is -0.348 e. The summed E-state index contributed by atoms with van der Waals surface area (Å²) >= 11 is 0. The first kappa shape index (κ1) is 22.6. The van der Waals surface area contributed by atoms with Crippen LogP contribution in [0.3, 0.4) is 0 Å². The Bertz CT molecular complexity index is 1210. The highest BCUT2D eigenvalue weighted by atomic mass is 19.1. The molecule has 0 atom stereocenters. The maximum atomic E-state index is 13.2. The molecule has 0 aliphatic carbocycles. The van der Waals surface area contributed by atoms with Crippen molar-refractivity contribution in [3.8, 4) is 0 Å². The fraction of sp³-hybridized carbons (Fsp3) is 0.269. The maximum absolute atomic E-state index is 13.2. The fourth-order valence-electron chi connectivity index (χ4n) is 4.43. The van der Waals surface area contributed by atoms with Crippen LogP contribution in [-0.2, 0) is 26.1 Å². The van der Waals surface area contributed by atoms with E-state index < -0.39 is 0 Å². The number of carbonyl (C=O) groups is 2. The largest absolute Gasteiger partial charge is 0.348 e. The number of nitrogens with zero attached hydrogens (tertiary/aromatic N) is 1. The molecule has 1 aliphatic rings. The van der Waals surface area contributed by atoms with Crippen LogP contribution >= 0.6 is 0 Å². The van der Waals surface area contributed by atoms with Gasteiger partial charge in [-0.25, -0.2) is 8.78 Å². The quantitative estimate of drug-likeness (QED) is 0.563. The molecule has 0 spiro atoms. The molecule has 0 radical (unpaired) electrons. The van der Waals surface area contributed by atoms with Gasteiger partial charge in [-0.2, -0.15) is 4.57 Å². The summed E-state index contributed by atoms with van der Waals surface area (Å²) in [5.74, 6) is -1.31. The second-order valence-corrected chi connectivity index (χ2v) is 8.25. The summed E-state index contributed by atoms with van der Waals surface area (Å²) in [5.41, 5.74) is 6.15. The van der Waals surface area contributed by atoms with Gasteiger partial charge in [0.1, 0.15) is 18.2 Å². The molecule has 0 saturated heterocycles. The van der Waals surface area contributed by atoms with E-state index in [-0.39, 0.29) is 23.4 Å². The van der Waals surface area contributed by atoms with E-state index in [9.17, 15) is 18.4 Å².